The third-order valence-electron chi connectivity index (χ3n) is 2.67. The topological polar surface area (TPSA) is 9.23 Å². The Kier molecular flexibility index (Phi) is 2.17. The molecule has 0 saturated carbocycles. The van der Waals surface area contributed by atoms with Crippen LogP contribution in [0.3, 0.4) is 0 Å². The molecule has 1 aliphatic rings. The molecule has 1 nitrogen and oxygen atoms in total. The van der Waals surface area contributed by atoms with Gasteiger partial charge in [-0.15, -0.1) is 0 Å². The van der Waals surface area contributed by atoms with Gasteiger partial charge in [0.2, 0.25) is 0 Å². The van der Waals surface area contributed by atoms with E-state index >= 15 is 0 Å². The molecule has 0 aromatic heterocycles. The number of rotatable bonds is 1. The predicted octanol–water partition coefficient (Wildman–Crippen LogP) is 3.04. The lowest BCUT2D eigenvalue weighted by atomic mass is 9.93. The first-order chi connectivity index (χ1) is 6.62. The van der Waals surface area contributed by atoms with Crippen LogP contribution in [0.15, 0.2) is 24.3 Å². The molecule has 2 rings (SSSR count). The van der Waals surface area contributed by atoms with Gasteiger partial charge in [0.25, 0.3) is 6.43 Å². The Morgan fingerprint density at radius 2 is 2.07 bits per heavy atom. The molecule has 0 unspecified atom stereocenters. The molecule has 0 saturated heterocycles. The number of aryl methyl sites for hydroxylation is 1. The fraction of sp³-hybridized carbons (Fsp3) is 0.455. The highest BCUT2D eigenvalue weighted by molar-refractivity contribution is 5.36. The molecular formula is C11H12F2O. The quantitative estimate of drug-likeness (QED) is 0.674. The maximum Gasteiger partial charge on any atom is 0.277 e. The first kappa shape index (κ1) is 9.44. The first-order valence-electron chi connectivity index (χ1n) is 4.67. The number of fused-ring (bicyclic) bond motifs is 1. The minimum atomic E-state index is -2.43. The summed E-state index contributed by atoms with van der Waals surface area (Å²) in [4.78, 5) is 0. The molecule has 1 aromatic rings. The number of halogens is 2. The fourth-order valence-electron chi connectivity index (χ4n) is 1.65. The van der Waals surface area contributed by atoms with Crippen LogP contribution in [0.4, 0.5) is 8.78 Å². The second-order valence-corrected chi connectivity index (χ2v) is 3.82. The lowest BCUT2D eigenvalue weighted by Gasteiger charge is -2.34. The molecule has 0 radical (unpaired) electrons. The molecule has 14 heavy (non-hydrogen) atoms. The summed E-state index contributed by atoms with van der Waals surface area (Å²) < 4.78 is 30.7. The second kappa shape index (κ2) is 3.23. The number of para-hydroxylation sites is 1. The van der Waals surface area contributed by atoms with Crippen LogP contribution in [-0.2, 0) is 6.42 Å². The third kappa shape index (κ3) is 1.47. The average Bonchev–Trinajstić information content (AvgIpc) is 2.17. The summed E-state index contributed by atoms with van der Waals surface area (Å²) in [5.41, 5.74) is -0.292. The van der Waals surface area contributed by atoms with E-state index in [-0.39, 0.29) is 0 Å². The van der Waals surface area contributed by atoms with Crippen molar-refractivity contribution < 1.29 is 13.5 Å². The maximum atomic E-state index is 12.7. The number of alkyl halides is 2. The standard InChI is InChI=1S/C11H12F2O/c1-11(10(12)13)7-6-8-4-2-3-5-9(8)14-11/h2-5,10H,6-7H2,1H3/t11-/m0/s1. The average molecular weight is 198 g/mol. The Morgan fingerprint density at radius 3 is 2.79 bits per heavy atom. The van der Waals surface area contributed by atoms with Crippen molar-refractivity contribution in [3.05, 3.63) is 29.8 Å². The van der Waals surface area contributed by atoms with Crippen LogP contribution < -0.4 is 4.74 Å². The number of ether oxygens (including phenoxy) is 1. The third-order valence-corrected chi connectivity index (χ3v) is 2.67. The van der Waals surface area contributed by atoms with E-state index in [1.165, 1.54) is 6.92 Å². The molecule has 0 bridgehead atoms. The Morgan fingerprint density at radius 1 is 1.36 bits per heavy atom. The minimum absolute atomic E-state index is 0.377. The van der Waals surface area contributed by atoms with Gasteiger partial charge in [-0.2, -0.15) is 0 Å². The zero-order chi connectivity index (χ0) is 10.2. The van der Waals surface area contributed by atoms with Gasteiger partial charge in [-0.3, -0.25) is 0 Å². The monoisotopic (exact) mass is 198 g/mol. The molecule has 0 aliphatic carbocycles. The van der Waals surface area contributed by atoms with Gasteiger partial charge >= 0.3 is 0 Å². The van der Waals surface area contributed by atoms with Gasteiger partial charge in [0.1, 0.15) is 5.75 Å². The van der Waals surface area contributed by atoms with Crippen LogP contribution in [0.1, 0.15) is 18.9 Å². The van der Waals surface area contributed by atoms with Crippen LogP contribution in [0, 0.1) is 0 Å². The Balaban J connectivity index is 2.29. The molecule has 1 heterocycles. The van der Waals surface area contributed by atoms with Crippen LogP contribution in [-0.4, -0.2) is 12.0 Å². The summed E-state index contributed by atoms with van der Waals surface area (Å²) in [6.07, 6.45) is -1.39. The number of benzene rings is 1. The molecule has 1 atom stereocenters. The zero-order valence-electron chi connectivity index (χ0n) is 7.97. The van der Waals surface area contributed by atoms with E-state index in [1.807, 2.05) is 12.1 Å². The summed E-state index contributed by atoms with van der Waals surface area (Å²) in [6, 6.07) is 7.36. The van der Waals surface area contributed by atoms with Gasteiger partial charge in [0.15, 0.2) is 5.60 Å². The second-order valence-electron chi connectivity index (χ2n) is 3.82. The molecule has 1 aromatic carbocycles. The van der Waals surface area contributed by atoms with Crippen molar-refractivity contribution in [2.24, 2.45) is 0 Å². The number of hydrogen-bond donors (Lipinski definition) is 0. The van der Waals surface area contributed by atoms with Crippen LogP contribution in [0.5, 0.6) is 5.75 Å². The molecular weight excluding hydrogens is 186 g/mol. The van der Waals surface area contributed by atoms with Gasteiger partial charge in [0.05, 0.1) is 0 Å². The van der Waals surface area contributed by atoms with Crippen molar-refractivity contribution in [1.29, 1.82) is 0 Å². The summed E-state index contributed by atoms with van der Waals surface area (Å²) in [5, 5.41) is 0. The van der Waals surface area contributed by atoms with E-state index in [2.05, 4.69) is 0 Å². The molecule has 1 aliphatic heterocycles. The van der Waals surface area contributed by atoms with Crippen molar-refractivity contribution in [1.82, 2.24) is 0 Å². The van der Waals surface area contributed by atoms with Gasteiger partial charge in [-0.25, -0.2) is 8.78 Å². The van der Waals surface area contributed by atoms with Crippen molar-refractivity contribution in [3.8, 4) is 5.75 Å². The van der Waals surface area contributed by atoms with Gasteiger partial charge in [-0.1, -0.05) is 18.2 Å². The van der Waals surface area contributed by atoms with Gasteiger partial charge in [-0.05, 0) is 31.4 Å². The summed E-state index contributed by atoms with van der Waals surface area (Å²) in [6.45, 7) is 1.47. The fourth-order valence-corrected chi connectivity index (χ4v) is 1.65. The lowest BCUT2D eigenvalue weighted by molar-refractivity contribution is -0.0755. The lowest BCUT2D eigenvalue weighted by Crippen LogP contribution is -2.43. The maximum absolute atomic E-state index is 12.7. The normalized spacial score (nSPS) is 25.7. The van der Waals surface area contributed by atoms with E-state index in [0.29, 0.717) is 18.6 Å². The van der Waals surface area contributed by atoms with Gasteiger partial charge in [0, 0.05) is 0 Å². The van der Waals surface area contributed by atoms with E-state index in [1.54, 1.807) is 12.1 Å². The van der Waals surface area contributed by atoms with E-state index in [4.69, 9.17) is 4.74 Å². The Bertz CT molecular complexity index is 338. The molecule has 0 fully saturated rings. The summed E-state index contributed by atoms with van der Waals surface area (Å²) in [7, 11) is 0. The van der Waals surface area contributed by atoms with E-state index in [0.717, 1.165) is 5.56 Å². The van der Waals surface area contributed by atoms with Crippen molar-refractivity contribution in [2.45, 2.75) is 31.8 Å². The van der Waals surface area contributed by atoms with Crippen LogP contribution in [0.25, 0.3) is 0 Å². The summed E-state index contributed by atoms with van der Waals surface area (Å²) >= 11 is 0. The minimum Gasteiger partial charge on any atom is -0.481 e. The van der Waals surface area contributed by atoms with Gasteiger partial charge < -0.3 is 4.74 Å². The van der Waals surface area contributed by atoms with Crippen LogP contribution in [0.2, 0.25) is 0 Å². The number of hydrogen-bond acceptors (Lipinski definition) is 1. The zero-order valence-corrected chi connectivity index (χ0v) is 7.97. The van der Waals surface area contributed by atoms with Crippen molar-refractivity contribution in [3.63, 3.8) is 0 Å². The van der Waals surface area contributed by atoms with E-state index < -0.39 is 12.0 Å². The first-order valence-corrected chi connectivity index (χ1v) is 4.67. The smallest absolute Gasteiger partial charge is 0.277 e. The molecule has 3 heteroatoms. The van der Waals surface area contributed by atoms with E-state index in [9.17, 15) is 8.78 Å². The molecule has 0 amide bonds. The SMILES string of the molecule is C[C@@]1(C(F)F)CCc2ccccc2O1. The molecule has 0 spiro atoms. The van der Waals surface area contributed by atoms with Crippen LogP contribution >= 0.6 is 0 Å². The molecule has 76 valence electrons. The Hall–Kier alpha value is -1.12. The predicted molar refractivity (Wildman–Crippen MR) is 49.8 cm³/mol. The highest BCUT2D eigenvalue weighted by atomic mass is 19.3. The highest BCUT2D eigenvalue weighted by Gasteiger charge is 2.40. The highest BCUT2D eigenvalue weighted by Crippen LogP contribution is 2.36. The van der Waals surface area contributed by atoms with Crippen molar-refractivity contribution >= 4 is 0 Å². The largest absolute Gasteiger partial charge is 0.481 e. The molecule has 0 N–H and O–H groups in total. The Labute approximate surface area is 81.7 Å². The summed E-state index contributed by atoms with van der Waals surface area (Å²) in [5.74, 6) is 0.599. The van der Waals surface area contributed by atoms with Crippen molar-refractivity contribution in [2.75, 3.05) is 0 Å².